The van der Waals surface area contributed by atoms with E-state index in [0.717, 1.165) is 37.0 Å². The van der Waals surface area contributed by atoms with E-state index in [0.29, 0.717) is 6.04 Å². The van der Waals surface area contributed by atoms with Gasteiger partial charge in [0.15, 0.2) is 0 Å². The molecule has 3 nitrogen and oxygen atoms in total. The molecule has 0 saturated carbocycles. The van der Waals surface area contributed by atoms with E-state index in [2.05, 4.69) is 12.2 Å². The van der Waals surface area contributed by atoms with E-state index >= 15 is 0 Å². The lowest BCUT2D eigenvalue weighted by atomic mass is 10.1. The molecular formula is C14H20ClNO2. The fourth-order valence-corrected chi connectivity index (χ4v) is 2.28. The van der Waals surface area contributed by atoms with Gasteiger partial charge in [-0.2, -0.15) is 0 Å². The Hall–Kier alpha value is -0.770. The third-order valence-corrected chi connectivity index (χ3v) is 3.26. The first-order valence-corrected chi connectivity index (χ1v) is 6.83. The number of nitrogens with one attached hydrogen (secondary N) is 1. The van der Waals surface area contributed by atoms with Gasteiger partial charge in [-0.25, -0.2) is 0 Å². The van der Waals surface area contributed by atoms with Crippen molar-refractivity contribution in [3.05, 3.63) is 28.8 Å². The highest BCUT2D eigenvalue weighted by molar-refractivity contribution is 6.30. The van der Waals surface area contributed by atoms with Gasteiger partial charge in [-0.3, -0.25) is 0 Å². The van der Waals surface area contributed by atoms with Gasteiger partial charge in [0.05, 0.1) is 6.61 Å². The Labute approximate surface area is 113 Å². The summed E-state index contributed by atoms with van der Waals surface area (Å²) >= 11 is 5.97. The SMILES string of the molecule is CCOCC(C)NCC1Cc2cc(Cl)ccc2O1. The molecule has 4 heteroatoms. The van der Waals surface area contributed by atoms with Crippen LogP contribution in [-0.2, 0) is 11.2 Å². The molecule has 0 radical (unpaired) electrons. The second kappa shape index (κ2) is 6.41. The third kappa shape index (κ3) is 3.61. The minimum Gasteiger partial charge on any atom is -0.488 e. The van der Waals surface area contributed by atoms with Crippen LogP contribution in [0.5, 0.6) is 5.75 Å². The first-order chi connectivity index (χ1) is 8.69. The summed E-state index contributed by atoms with van der Waals surface area (Å²) in [6.07, 6.45) is 1.12. The molecule has 0 spiro atoms. The van der Waals surface area contributed by atoms with Crippen LogP contribution in [0.25, 0.3) is 0 Å². The van der Waals surface area contributed by atoms with Crippen LogP contribution in [0, 0.1) is 0 Å². The van der Waals surface area contributed by atoms with Crippen molar-refractivity contribution in [1.82, 2.24) is 5.32 Å². The van der Waals surface area contributed by atoms with Gasteiger partial charge in [-0.1, -0.05) is 11.6 Å². The zero-order valence-electron chi connectivity index (χ0n) is 10.9. The van der Waals surface area contributed by atoms with Gasteiger partial charge in [-0.15, -0.1) is 0 Å². The molecule has 1 aromatic rings. The quantitative estimate of drug-likeness (QED) is 0.861. The van der Waals surface area contributed by atoms with E-state index in [4.69, 9.17) is 21.1 Å². The van der Waals surface area contributed by atoms with Gasteiger partial charge >= 0.3 is 0 Å². The van der Waals surface area contributed by atoms with Gasteiger partial charge in [0.25, 0.3) is 0 Å². The van der Waals surface area contributed by atoms with E-state index in [1.807, 2.05) is 25.1 Å². The lowest BCUT2D eigenvalue weighted by Gasteiger charge is -2.17. The standard InChI is InChI=1S/C14H20ClNO2/c1-3-17-9-10(2)16-8-13-7-11-6-12(15)4-5-14(11)18-13/h4-6,10,13,16H,3,7-9H2,1-2H3. The van der Waals surface area contributed by atoms with Crippen molar-refractivity contribution in [1.29, 1.82) is 0 Å². The van der Waals surface area contributed by atoms with Crippen molar-refractivity contribution < 1.29 is 9.47 Å². The molecule has 18 heavy (non-hydrogen) atoms. The lowest BCUT2D eigenvalue weighted by Crippen LogP contribution is -2.38. The Morgan fingerprint density at radius 1 is 1.56 bits per heavy atom. The van der Waals surface area contributed by atoms with E-state index < -0.39 is 0 Å². The van der Waals surface area contributed by atoms with Crippen LogP contribution in [0.4, 0.5) is 0 Å². The highest BCUT2D eigenvalue weighted by atomic mass is 35.5. The molecule has 100 valence electrons. The van der Waals surface area contributed by atoms with Crippen LogP contribution >= 0.6 is 11.6 Å². The number of rotatable bonds is 6. The molecule has 1 aliphatic heterocycles. The number of hydrogen-bond donors (Lipinski definition) is 1. The second-order valence-electron chi connectivity index (χ2n) is 4.66. The van der Waals surface area contributed by atoms with Gasteiger partial charge in [-0.05, 0) is 37.6 Å². The predicted molar refractivity (Wildman–Crippen MR) is 73.5 cm³/mol. The molecule has 0 bridgehead atoms. The van der Waals surface area contributed by atoms with Crippen molar-refractivity contribution >= 4 is 11.6 Å². The van der Waals surface area contributed by atoms with Crippen LogP contribution in [0.1, 0.15) is 19.4 Å². The summed E-state index contributed by atoms with van der Waals surface area (Å²) in [7, 11) is 0. The fraction of sp³-hybridized carbons (Fsp3) is 0.571. The minimum atomic E-state index is 0.197. The number of fused-ring (bicyclic) bond motifs is 1. The predicted octanol–water partition coefficient (Wildman–Crippen LogP) is 2.66. The van der Waals surface area contributed by atoms with Crippen molar-refractivity contribution in [3.8, 4) is 5.75 Å². The maximum absolute atomic E-state index is 5.97. The minimum absolute atomic E-state index is 0.197. The summed E-state index contributed by atoms with van der Waals surface area (Å²) in [5, 5.41) is 4.20. The summed E-state index contributed by atoms with van der Waals surface area (Å²) in [6, 6.07) is 6.15. The maximum atomic E-state index is 5.97. The van der Waals surface area contributed by atoms with E-state index in [1.165, 1.54) is 5.56 Å². The molecule has 0 amide bonds. The molecule has 0 fully saturated rings. The largest absolute Gasteiger partial charge is 0.488 e. The highest BCUT2D eigenvalue weighted by Gasteiger charge is 2.23. The topological polar surface area (TPSA) is 30.5 Å². The first kappa shape index (κ1) is 13.7. The van der Waals surface area contributed by atoms with Crippen LogP contribution in [0.2, 0.25) is 5.02 Å². The molecule has 2 atom stereocenters. The monoisotopic (exact) mass is 269 g/mol. The van der Waals surface area contributed by atoms with Crippen molar-refractivity contribution in [2.75, 3.05) is 19.8 Å². The summed E-state index contributed by atoms with van der Waals surface area (Å²) in [5.74, 6) is 0.962. The average Bonchev–Trinajstić information content (AvgIpc) is 2.75. The zero-order valence-corrected chi connectivity index (χ0v) is 11.7. The highest BCUT2D eigenvalue weighted by Crippen LogP contribution is 2.30. The summed E-state index contributed by atoms with van der Waals surface area (Å²) in [6.45, 7) is 6.46. The normalized spacial score (nSPS) is 19.4. The van der Waals surface area contributed by atoms with Gasteiger partial charge < -0.3 is 14.8 Å². The lowest BCUT2D eigenvalue weighted by molar-refractivity contribution is 0.122. The van der Waals surface area contributed by atoms with Crippen LogP contribution < -0.4 is 10.1 Å². The Bertz CT molecular complexity index is 397. The Balaban J connectivity index is 1.77. The molecular weight excluding hydrogens is 250 g/mol. The Morgan fingerprint density at radius 2 is 2.39 bits per heavy atom. The van der Waals surface area contributed by atoms with E-state index in [-0.39, 0.29) is 6.10 Å². The molecule has 1 N–H and O–H groups in total. The summed E-state index contributed by atoms with van der Waals surface area (Å²) in [4.78, 5) is 0. The van der Waals surface area contributed by atoms with Crippen LogP contribution in [-0.4, -0.2) is 31.9 Å². The smallest absolute Gasteiger partial charge is 0.123 e. The number of ether oxygens (including phenoxy) is 2. The molecule has 0 aliphatic carbocycles. The number of hydrogen-bond acceptors (Lipinski definition) is 3. The number of halogens is 1. The molecule has 1 aliphatic rings. The van der Waals surface area contributed by atoms with Gasteiger partial charge in [0, 0.05) is 30.6 Å². The molecule has 2 rings (SSSR count). The third-order valence-electron chi connectivity index (χ3n) is 3.03. The summed E-state index contributed by atoms with van der Waals surface area (Å²) < 4.78 is 11.2. The average molecular weight is 270 g/mol. The van der Waals surface area contributed by atoms with Gasteiger partial charge in [0.2, 0.25) is 0 Å². The molecule has 2 unspecified atom stereocenters. The molecule has 1 aromatic carbocycles. The van der Waals surface area contributed by atoms with Gasteiger partial charge in [0.1, 0.15) is 11.9 Å². The maximum Gasteiger partial charge on any atom is 0.123 e. The van der Waals surface area contributed by atoms with Crippen LogP contribution in [0.3, 0.4) is 0 Å². The Kier molecular flexibility index (Phi) is 4.87. The molecule has 1 heterocycles. The number of benzene rings is 1. The molecule has 0 saturated heterocycles. The fourth-order valence-electron chi connectivity index (χ4n) is 2.09. The first-order valence-electron chi connectivity index (χ1n) is 6.45. The Morgan fingerprint density at radius 3 is 3.17 bits per heavy atom. The van der Waals surface area contributed by atoms with Crippen molar-refractivity contribution in [2.24, 2.45) is 0 Å². The second-order valence-corrected chi connectivity index (χ2v) is 5.10. The zero-order chi connectivity index (χ0) is 13.0. The van der Waals surface area contributed by atoms with Crippen molar-refractivity contribution in [3.63, 3.8) is 0 Å². The summed E-state index contributed by atoms with van der Waals surface area (Å²) in [5.41, 5.74) is 1.20. The van der Waals surface area contributed by atoms with E-state index in [1.54, 1.807) is 0 Å². The van der Waals surface area contributed by atoms with Crippen LogP contribution in [0.15, 0.2) is 18.2 Å². The molecule has 0 aromatic heterocycles. The van der Waals surface area contributed by atoms with Crippen molar-refractivity contribution in [2.45, 2.75) is 32.4 Å². The van der Waals surface area contributed by atoms with E-state index in [9.17, 15) is 0 Å².